The number of rotatable bonds is 8. The number of amides is 2. The number of carbonyl (C=O) groups is 2. The highest BCUT2D eigenvalue weighted by atomic mass is 35.5. The second-order valence-corrected chi connectivity index (χ2v) is 9.56. The number of nitroso groups, excluding NO2 is 1. The van der Waals surface area contributed by atoms with Crippen molar-refractivity contribution in [2.24, 2.45) is 0 Å². The summed E-state index contributed by atoms with van der Waals surface area (Å²) in [5, 5.41) is 4.06. The van der Waals surface area contributed by atoms with Crippen molar-refractivity contribution in [2.75, 3.05) is 9.91 Å². The molecule has 196 valence electrons. The Hall–Kier alpha value is -3.99. The molecule has 1 aliphatic carbocycles. The predicted molar refractivity (Wildman–Crippen MR) is 135 cm³/mol. The van der Waals surface area contributed by atoms with E-state index in [2.05, 4.69) is 15.3 Å². The van der Waals surface area contributed by atoms with Crippen LogP contribution in [0.1, 0.15) is 37.3 Å². The van der Waals surface area contributed by atoms with Gasteiger partial charge in [0.05, 0.1) is 4.91 Å². The maximum absolute atomic E-state index is 14.4. The van der Waals surface area contributed by atoms with Gasteiger partial charge < -0.3 is 5.32 Å². The van der Waals surface area contributed by atoms with Gasteiger partial charge >= 0.3 is 6.17 Å². The number of hydrogen-bond acceptors (Lipinski definition) is 5. The summed E-state index contributed by atoms with van der Waals surface area (Å²) in [5.41, 5.74) is 0.338. The molecule has 0 spiro atoms. The van der Waals surface area contributed by atoms with Gasteiger partial charge in [0.25, 0.3) is 5.91 Å². The lowest BCUT2D eigenvalue weighted by atomic mass is 9.90. The molecule has 1 N–H and O–H groups in total. The van der Waals surface area contributed by atoms with Gasteiger partial charge in [-0.3, -0.25) is 9.59 Å². The van der Waals surface area contributed by atoms with E-state index in [1.807, 2.05) is 0 Å². The first kappa shape index (κ1) is 25.7. The van der Waals surface area contributed by atoms with E-state index < -0.39 is 36.1 Å². The fraction of sp³-hybridized carbons (Fsp3) is 0.308. The van der Waals surface area contributed by atoms with Crippen LogP contribution in [0, 0.1) is 10.7 Å². The molecule has 2 heterocycles. The van der Waals surface area contributed by atoms with Crippen LogP contribution in [-0.2, 0) is 9.59 Å². The van der Waals surface area contributed by atoms with Gasteiger partial charge in [0.1, 0.15) is 22.5 Å². The SMILES string of the molecule is O=C(NC1CC(F)C1)[C@H](c1ccccc1Cl)N(c1cccc(F)c1)[N+](=O)[C@@H]1CCC(=O)N1c1ncccn1. The van der Waals surface area contributed by atoms with Crippen LogP contribution in [0.3, 0.4) is 0 Å². The molecule has 1 aromatic heterocycles. The van der Waals surface area contributed by atoms with Gasteiger partial charge in [-0.15, -0.1) is 0 Å². The molecular formula is C26H24ClF2N6O3+. The molecule has 12 heteroatoms. The molecule has 2 fully saturated rings. The topological polar surface area (TPSA) is 98.5 Å². The molecule has 9 nitrogen and oxygen atoms in total. The van der Waals surface area contributed by atoms with Crippen LogP contribution in [0.5, 0.6) is 0 Å². The van der Waals surface area contributed by atoms with Gasteiger partial charge in [0, 0.05) is 47.9 Å². The van der Waals surface area contributed by atoms with Gasteiger partial charge in [0.2, 0.25) is 11.9 Å². The Kier molecular flexibility index (Phi) is 7.28. The van der Waals surface area contributed by atoms with E-state index in [-0.39, 0.29) is 53.8 Å². The van der Waals surface area contributed by atoms with Crippen molar-refractivity contribution in [1.82, 2.24) is 15.3 Å². The smallest absolute Gasteiger partial charge is 0.318 e. The first-order chi connectivity index (χ1) is 18.3. The molecule has 5 rings (SSSR count). The summed E-state index contributed by atoms with van der Waals surface area (Å²) in [4.78, 5) is 50.7. The highest BCUT2D eigenvalue weighted by Gasteiger charge is 2.51. The number of hydrogen-bond donors (Lipinski definition) is 1. The average molecular weight is 542 g/mol. The molecular weight excluding hydrogens is 518 g/mol. The number of benzene rings is 2. The molecule has 3 aromatic rings. The van der Waals surface area contributed by atoms with Crippen molar-refractivity contribution >= 4 is 35.1 Å². The molecule has 2 aromatic carbocycles. The minimum Gasteiger partial charge on any atom is -0.351 e. The van der Waals surface area contributed by atoms with E-state index in [4.69, 9.17) is 11.6 Å². The molecule has 1 saturated heterocycles. The predicted octanol–water partition coefficient (Wildman–Crippen LogP) is 4.28. The molecule has 2 aliphatic rings. The highest BCUT2D eigenvalue weighted by molar-refractivity contribution is 6.31. The Morgan fingerprint density at radius 2 is 1.87 bits per heavy atom. The van der Waals surface area contributed by atoms with Gasteiger partial charge in [0.15, 0.2) is 6.04 Å². The van der Waals surface area contributed by atoms with Crippen molar-refractivity contribution in [1.29, 1.82) is 0 Å². The van der Waals surface area contributed by atoms with E-state index in [1.165, 1.54) is 35.5 Å². The van der Waals surface area contributed by atoms with Gasteiger partial charge in [-0.2, -0.15) is 0 Å². The molecule has 0 bridgehead atoms. The van der Waals surface area contributed by atoms with Crippen LogP contribution < -0.4 is 15.2 Å². The van der Waals surface area contributed by atoms with E-state index >= 15 is 0 Å². The lowest BCUT2D eigenvalue weighted by Crippen LogP contribution is -2.55. The first-order valence-corrected chi connectivity index (χ1v) is 12.5. The fourth-order valence-corrected chi connectivity index (χ4v) is 4.94. The quantitative estimate of drug-likeness (QED) is 0.338. The molecule has 38 heavy (non-hydrogen) atoms. The van der Waals surface area contributed by atoms with Gasteiger partial charge in [-0.1, -0.05) is 40.9 Å². The van der Waals surface area contributed by atoms with E-state index in [1.54, 1.807) is 30.3 Å². The Morgan fingerprint density at radius 3 is 2.55 bits per heavy atom. The molecule has 1 aliphatic heterocycles. The lowest BCUT2D eigenvalue weighted by molar-refractivity contribution is -0.598. The number of aromatic nitrogens is 2. The normalized spacial score (nSPS) is 21.5. The number of nitrogens with one attached hydrogen (secondary N) is 1. The second kappa shape index (κ2) is 10.8. The van der Waals surface area contributed by atoms with Gasteiger partial charge in [-0.05, 0) is 37.1 Å². The van der Waals surface area contributed by atoms with Crippen LogP contribution in [0.15, 0.2) is 67.0 Å². The Morgan fingerprint density at radius 1 is 1.13 bits per heavy atom. The summed E-state index contributed by atoms with van der Waals surface area (Å²) < 4.78 is 28.0. The molecule has 2 atom stereocenters. The van der Waals surface area contributed by atoms with Crippen molar-refractivity contribution in [2.45, 2.75) is 50.1 Å². The van der Waals surface area contributed by atoms with Crippen molar-refractivity contribution in [3.8, 4) is 0 Å². The zero-order valence-electron chi connectivity index (χ0n) is 20.1. The number of anilines is 2. The van der Waals surface area contributed by atoms with Crippen LogP contribution in [0.2, 0.25) is 5.02 Å². The summed E-state index contributed by atoms with van der Waals surface area (Å²) >= 11 is 6.50. The summed E-state index contributed by atoms with van der Waals surface area (Å²) in [6, 6.07) is 11.5. The summed E-state index contributed by atoms with van der Waals surface area (Å²) in [5.74, 6) is -1.60. The number of halogens is 3. The lowest BCUT2D eigenvalue weighted by Gasteiger charge is -2.33. The van der Waals surface area contributed by atoms with Crippen molar-refractivity contribution in [3.63, 3.8) is 0 Å². The third-order valence-corrected chi connectivity index (χ3v) is 6.95. The number of carbonyl (C=O) groups excluding carboxylic acids is 2. The van der Waals surface area contributed by atoms with Gasteiger partial charge in [-0.25, -0.2) is 23.6 Å². The molecule has 1 saturated carbocycles. The largest absolute Gasteiger partial charge is 0.351 e. The molecule has 0 unspecified atom stereocenters. The monoisotopic (exact) mass is 541 g/mol. The first-order valence-electron chi connectivity index (χ1n) is 12.1. The van der Waals surface area contributed by atoms with Crippen molar-refractivity contribution in [3.05, 3.63) is 88.3 Å². The Labute approximate surface area is 222 Å². The zero-order chi connectivity index (χ0) is 26.8. The summed E-state index contributed by atoms with van der Waals surface area (Å²) in [6.45, 7) is 0. The Balaban J connectivity index is 1.61. The molecule has 2 amide bonds. The van der Waals surface area contributed by atoms with E-state index in [0.29, 0.717) is 4.87 Å². The molecule has 0 radical (unpaired) electrons. The third-order valence-electron chi connectivity index (χ3n) is 6.61. The number of alkyl halides is 1. The van der Waals surface area contributed by atoms with E-state index in [0.717, 1.165) is 11.1 Å². The summed E-state index contributed by atoms with van der Waals surface area (Å²) in [7, 11) is 0. The standard InChI is InChI=1S/C26H23ClF2N6O3/c27-21-8-2-1-7-20(21)24(25(37)32-18-13-17(29)14-18)34(19-6-3-5-16(28)15-19)35(38)22-9-10-23(36)33(22)26-30-11-4-12-31-26/h1-8,11-12,15,17-18,22,24H,9-10,13-14H2/p+1/t17?,18?,22-,24+/m1/s1. The zero-order valence-corrected chi connectivity index (χ0v) is 20.8. The van der Waals surface area contributed by atoms with Crippen LogP contribution in [-0.4, -0.2) is 45.0 Å². The number of nitrogens with zero attached hydrogens (tertiary/aromatic N) is 5. The van der Waals surface area contributed by atoms with Crippen LogP contribution in [0.25, 0.3) is 0 Å². The minimum atomic E-state index is -1.36. The average Bonchev–Trinajstić information content (AvgIpc) is 3.28. The Bertz CT molecular complexity index is 1360. The number of hydrazine groups is 1. The van der Waals surface area contributed by atoms with Crippen molar-refractivity contribution < 1.29 is 23.2 Å². The van der Waals surface area contributed by atoms with Crippen LogP contribution in [0.4, 0.5) is 20.4 Å². The highest BCUT2D eigenvalue weighted by Crippen LogP contribution is 2.36. The van der Waals surface area contributed by atoms with Crippen LogP contribution >= 0.6 is 11.6 Å². The minimum absolute atomic E-state index is 0.0299. The maximum atomic E-state index is 14.4. The third kappa shape index (κ3) is 5.06. The fourth-order valence-electron chi connectivity index (χ4n) is 4.70. The second-order valence-electron chi connectivity index (χ2n) is 9.16. The van der Waals surface area contributed by atoms with E-state index in [9.17, 15) is 23.3 Å². The summed E-state index contributed by atoms with van der Waals surface area (Å²) in [6.07, 6.45) is 1.19. The maximum Gasteiger partial charge on any atom is 0.318 e.